The maximum absolute atomic E-state index is 4.99. The summed E-state index contributed by atoms with van der Waals surface area (Å²) >= 11 is 0. The summed E-state index contributed by atoms with van der Waals surface area (Å²) in [5.74, 6) is 0. The fraction of sp³-hybridized carbons (Fsp3) is 0.0909. The Morgan fingerprint density at radius 3 is 2.27 bits per heavy atom. The molecule has 6 heterocycles. The molecule has 2 aliphatic rings. The molecule has 4 heteroatoms. The van der Waals surface area contributed by atoms with E-state index < -0.39 is 0 Å². The van der Waals surface area contributed by atoms with Gasteiger partial charge in [-0.2, -0.15) is 4.57 Å². The Bertz CT molecular complexity index is 1180. The summed E-state index contributed by atoms with van der Waals surface area (Å²) < 4.78 is 7.11. The summed E-state index contributed by atoms with van der Waals surface area (Å²) in [7, 11) is 0. The summed E-state index contributed by atoms with van der Waals surface area (Å²) in [5, 5.41) is 0. The highest BCUT2D eigenvalue weighted by Gasteiger charge is 2.49. The second-order valence-electron chi connectivity index (χ2n) is 6.79. The van der Waals surface area contributed by atoms with Gasteiger partial charge in [-0.3, -0.25) is 0 Å². The molecule has 0 aromatic carbocycles. The Kier molecular flexibility index (Phi) is 2.69. The van der Waals surface area contributed by atoms with Crippen LogP contribution < -0.4 is 13.7 Å². The summed E-state index contributed by atoms with van der Waals surface area (Å²) in [6, 6.07) is 25.6. The minimum Gasteiger partial charge on any atom is -0.235 e. The van der Waals surface area contributed by atoms with Crippen LogP contribution in [0.25, 0.3) is 34.2 Å². The quantitative estimate of drug-likeness (QED) is 0.452. The van der Waals surface area contributed by atoms with Crippen LogP contribution in [0.3, 0.4) is 0 Å². The molecule has 2 bridgehead atoms. The predicted molar refractivity (Wildman–Crippen MR) is 95.6 cm³/mol. The van der Waals surface area contributed by atoms with Crippen LogP contribution in [0.1, 0.15) is 6.17 Å². The van der Waals surface area contributed by atoms with Gasteiger partial charge >= 0.3 is 6.17 Å². The first-order valence-corrected chi connectivity index (χ1v) is 8.91. The van der Waals surface area contributed by atoms with Crippen molar-refractivity contribution in [2.45, 2.75) is 12.7 Å². The summed E-state index contributed by atoms with van der Waals surface area (Å²) in [5.41, 5.74) is 6.81. The number of hydrogen-bond donors (Lipinski definition) is 0. The van der Waals surface area contributed by atoms with Crippen molar-refractivity contribution in [2.24, 2.45) is 0 Å². The summed E-state index contributed by atoms with van der Waals surface area (Å²) in [6.07, 6.45) is 4.51. The zero-order valence-corrected chi connectivity index (χ0v) is 14.2. The van der Waals surface area contributed by atoms with E-state index in [0.29, 0.717) is 0 Å². The molecule has 1 atom stereocenters. The Labute approximate surface area is 151 Å². The summed E-state index contributed by atoms with van der Waals surface area (Å²) in [6.45, 7) is 0.854. The highest BCUT2D eigenvalue weighted by Crippen LogP contribution is 2.27. The second-order valence-corrected chi connectivity index (χ2v) is 6.79. The molecule has 122 valence electrons. The van der Waals surface area contributed by atoms with Crippen LogP contribution in [-0.2, 0) is 6.54 Å². The van der Waals surface area contributed by atoms with Crippen molar-refractivity contribution in [2.75, 3.05) is 0 Å². The van der Waals surface area contributed by atoms with Gasteiger partial charge in [-0.25, -0.2) is 4.98 Å². The fourth-order valence-electron chi connectivity index (χ4n) is 4.25. The molecule has 0 radical (unpaired) electrons. The third-order valence-electron chi connectivity index (χ3n) is 5.37. The van der Waals surface area contributed by atoms with Gasteiger partial charge in [-0.15, -0.1) is 9.13 Å². The molecule has 4 nitrogen and oxygen atoms in total. The van der Waals surface area contributed by atoms with E-state index in [1.165, 1.54) is 11.4 Å². The monoisotopic (exact) mass is 337 g/mol. The molecule has 0 saturated heterocycles. The summed E-state index contributed by atoms with van der Waals surface area (Å²) in [4.78, 5) is 4.99. The van der Waals surface area contributed by atoms with Crippen LogP contribution in [0.15, 0.2) is 85.2 Å². The van der Waals surface area contributed by atoms with Crippen LogP contribution in [0.2, 0.25) is 0 Å². The molecular weight excluding hydrogens is 320 g/mol. The number of nitrogens with zero attached hydrogens (tertiary/aromatic N) is 4. The van der Waals surface area contributed by atoms with Crippen LogP contribution in [-0.4, -0.2) is 4.98 Å². The van der Waals surface area contributed by atoms with E-state index in [4.69, 9.17) is 4.98 Å². The van der Waals surface area contributed by atoms with E-state index in [1.54, 1.807) is 0 Å². The van der Waals surface area contributed by atoms with E-state index >= 15 is 0 Å². The first-order valence-electron chi connectivity index (χ1n) is 8.91. The molecule has 0 unspecified atom stereocenters. The third-order valence-corrected chi connectivity index (χ3v) is 5.37. The van der Waals surface area contributed by atoms with Crippen molar-refractivity contribution < 1.29 is 13.7 Å². The molecule has 26 heavy (non-hydrogen) atoms. The highest BCUT2D eigenvalue weighted by molar-refractivity contribution is 5.60. The maximum Gasteiger partial charge on any atom is 0.413 e. The molecule has 4 aromatic heterocycles. The lowest BCUT2D eigenvalue weighted by molar-refractivity contribution is -0.942. The smallest absolute Gasteiger partial charge is 0.235 e. The number of pyridine rings is 4. The molecule has 0 amide bonds. The number of aromatic nitrogens is 4. The van der Waals surface area contributed by atoms with Crippen LogP contribution >= 0.6 is 0 Å². The normalized spacial score (nSPS) is 15.9. The lowest BCUT2D eigenvalue weighted by Crippen LogP contribution is -2.59. The Morgan fingerprint density at radius 2 is 1.35 bits per heavy atom. The fourth-order valence-corrected chi connectivity index (χ4v) is 4.25. The third kappa shape index (κ3) is 1.78. The van der Waals surface area contributed by atoms with E-state index in [0.717, 1.165) is 29.3 Å². The highest BCUT2D eigenvalue weighted by atomic mass is 15.3. The lowest BCUT2D eigenvalue weighted by atomic mass is 10.1. The average molecular weight is 337 g/mol. The number of rotatable bonds is 0. The topological polar surface area (TPSA) is 24.5 Å². The minimum atomic E-state index is 0.180. The average Bonchev–Trinajstić information content (AvgIpc) is 3.03. The van der Waals surface area contributed by atoms with Gasteiger partial charge in [-0.1, -0.05) is 6.07 Å². The van der Waals surface area contributed by atoms with Crippen LogP contribution in [0, 0.1) is 0 Å². The minimum absolute atomic E-state index is 0.180. The van der Waals surface area contributed by atoms with E-state index in [1.807, 2.05) is 0 Å². The lowest BCUT2D eigenvalue weighted by Gasteiger charge is -2.03. The van der Waals surface area contributed by atoms with Crippen molar-refractivity contribution in [3.63, 3.8) is 0 Å². The van der Waals surface area contributed by atoms with Crippen LogP contribution in [0.5, 0.6) is 0 Å². The molecule has 0 N–H and O–H groups in total. The number of fused-ring (bicyclic) bond motifs is 8. The van der Waals surface area contributed by atoms with Gasteiger partial charge in [0.2, 0.25) is 11.4 Å². The van der Waals surface area contributed by atoms with Crippen molar-refractivity contribution in [3.8, 4) is 34.2 Å². The van der Waals surface area contributed by atoms with Crippen molar-refractivity contribution in [1.29, 1.82) is 0 Å². The molecule has 2 aliphatic heterocycles. The van der Waals surface area contributed by atoms with Crippen LogP contribution in [0.4, 0.5) is 0 Å². The number of hydrogen-bond acceptors (Lipinski definition) is 1. The first kappa shape index (κ1) is 13.8. The van der Waals surface area contributed by atoms with Crippen molar-refractivity contribution >= 4 is 0 Å². The van der Waals surface area contributed by atoms with Crippen molar-refractivity contribution in [3.05, 3.63) is 85.2 Å². The Balaban J connectivity index is 1.75. The molecule has 0 aliphatic carbocycles. The first-order chi connectivity index (χ1) is 12.9. The van der Waals surface area contributed by atoms with Gasteiger partial charge in [0.05, 0.1) is 0 Å². The van der Waals surface area contributed by atoms with E-state index in [9.17, 15) is 0 Å². The molecule has 0 saturated carbocycles. The Morgan fingerprint density at radius 1 is 0.654 bits per heavy atom. The predicted octanol–water partition coefficient (Wildman–Crippen LogP) is 2.32. The standard InChI is InChI=1S/C22H17N4/c1-3-13-24-15-22-25-14-4-2-10-20(25)21-12-6-11-19(26(21)22)17-8-5-7-16(23-17)18(24)9-1/h1-14,22H,15H2/q+3/t22-/m1/s1. The SMILES string of the molecule is c1cc2nc(c1)-c1cccc3[n+]1[C@H](C[n+]1ccccc1-2)[n+]1ccccc1-3. The Hall–Kier alpha value is -3.40. The van der Waals surface area contributed by atoms with Gasteiger partial charge in [0.1, 0.15) is 11.4 Å². The molecule has 0 spiro atoms. The van der Waals surface area contributed by atoms with Gasteiger partial charge in [-0.05, 0) is 30.3 Å². The second kappa shape index (κ2) is 5.05. The van der Waals surface area contributed by atoms with E-state index in [-0.39, 0.29) is 6.17 Å². The zero-order valence-electron chi connectivity index (χ0n) is 14.2. The molecule has 6 rings (SSSR count). The van der Waals surface area contributed by atoms with Gasteiger partial charge in [0, 0.05) is 36.4 Å². The van der Waals surface area contributed by atoms with Crippen molar-refractivity contribution in [1.82, 2.24) is 4.98 Å². The molecular formula is C22H17N4+3. The molecule has 0 fully saturated rings. The van der Waals surface area contributed by atoms with Gasteiger partial charge in [0.15, 0.2) is 12.4 Å². The molecule has 4 aromatic rings. The maximum atomic E-state index is 4.99. The van der Waals surface area contributed by atoms with E-state index in [2.05, 4.69) is 98.9 Å². The van der Waals surface area contributed by atoms with Gasteiger partial charge < -0.3 is 0 Å². The largest absolute Gasteiger partial charge is 0.413 e. The van der Waals surface area contributed by atoms with Gasteiger partial charge in [0.25, 0.3) is 17.9 Å². The zero-order chi connectivity index (χ0) is 17.1.